The van der Waals surface area contributed by atoms with E-state index in [0.717, 1.165) is 5.56 Å². The Hall–Kier alpha value is -1.95. The molecule has 8 heteroatoms. The molecule has 2 N–H and O–H groups in total. The van der Waals surface area contributed by atoms with Crippen LogP contribution >= 0.6 is 34.8 Å². The minimum Gasteiger partial charge on any atom is -0.479 e. The zero-order valence-corrected chi connectivity index (χ0v) is 18.9. The van der Waals surface area contributed by atoms with Gasteiger partial charge in [0.25, 0.3) is 5.91 Å². The highest BCUT2D eigenvalue weighted by Gasteiger charge is 2.35. The van der Waals surface area contributed by atoms with Crippen molar-refractivity contribution in [3.63, 3.8) is 0 Å². The van der Waals surface area contributed by atoms with E-state index in [1.54, 1.807) is 13.8 Å². The molecule has 0 aliphatic heterocycles. The van der Waals surface area contributed by atoms with Gasteiger partial charge >= 0.3 is 0 Å². The molecular weight excluding hydrogens is 435 g/mol. The quantitative estimate of drug-likeness (QED) is 0.528. The average Bonchev–Trinajstić information content (AvgIpc) is 2.67. The highest BCUT2D eigenvalue weighted by molar-refractivity contribution is 6.43. The highest BCUT2D eigenvalue weighted by atomic mass is 35.5. The summed E-state index contributed by atoms with van der Waals surface area (Å²) in [4.78, 5) is 25.5. The molecule has 0 spiro atoms. The molecule has 5 nitrogen and oxygen atoms in total. The van der Waals surface area contributed by atoms with E-state index in [1.165, 1.54) is 12.1 Å². The molecule has 156 valence electrons. The molecule has 2 atom stereocenters. The maximum atomic E-state index is 12.9. The van der Waals surface area contributed by atoms with Crippen molar-refractivity contribution in [1.82, 2.24) is 5.32 Å². The van der Waals surface area contributed by atoms with Gasteiger partial charge in [0.15, 0.2) is 6.10 Å². The highest BCUT2D eigenvalue weighted by Crippen LogP contribution is 2.34. The topological polar surface area (TPSA) is 67.4 Å². The lowest BCUT2D eigenvalue weighted by Crippen LogP contribution is -2.56. The fourth-order valence-corrected chi connectivity index (χ4v) is 3.07. The summed E-state index contributed by atoms with van der Waals surface area (Å²) in [5, 5.41) is 6.42. The zero-order chi connectivity index (χ0) is 21.8. The fraction of sp³-hybridized carbons (Fsp3) is 0.333. The number of carbonyl (C=O) groups is 2. The molecule has 0 unspecified atom stereocenters. The van der Waals surface area contributed by atoms with Gasteiger partial charge in [-0.3, -0.25) is 9.59 Å². The first-order chi connectivity index (χ1) is 13.6. The van der Waals surface area contributed by atoms with Gasteiger partial charge in [-0.15, -0.1) is 0 Å². The molecule has 0 aliphatic rings. The van der Waals surface area contributed by atoms with Crippen LogP contribution in [0.25, 0.3) is 0 Å². The number of para-hydroxylation sites is 1. The van der Waals surface area contributed by atoms with Gasteiger partial charge in [-0.05, 0) is 44.9 Å². The van der Waals surface area contributed by atoms with Crippen molar-refractivity contribution in [3.05, 3.63) is 57.0 Å². The first kappa shape index (κ1) is 23.3. The molecule has 29 heavy (non-hydrogen) atoms. The number of halogens is 3. The van der Waals surface area contributed by atoms with Crippen LogP contribution in [-0.2, 0) is 9.59 Å². The molecule has 2 aromatic carbocycles. The van der Waals surface area contributed by atoms with Gasteiger partial charge in [0.05, 0.1) is 15.1 Å². The van der Waals surface area contributed by atoms with Gasteiger partial charge in [0.1, 0.15) is 11.3 Å². The predicted octanol–water partition coefficient (Wildman–Crippen LogP) is 5.65. The van der Waals surface area contributed by atoms with Crippen molar-refractivity contribution in [1.29, 1.82) is 0 Å². The Bertz CT molecular complexity index is 920. The average molecular weight is 458 g/mol. The van der Waals surface area contributed by atoms with E-state index >= 15 is 0 Å². The summed E-state index contributed by atoms with van der Waals surface area (Å²) in [5.74, 6) is -0.551. The second-order valence-electron chi connectivity index (χ2n) is 6.90. The Balaban J connectivity index is 2.10. The van der Waals surface area contributed by atoms with Crippen LogP contribution in [0.1, 0.15) is 32.8 Å². The number of amides is 2. The lowest BCUT2D eigenvalue weighted by atomic mass is 9.96. The SMILES string of the molecule is CC[C@](C)(NC(=O)[C@@H](C)Oc1cc(Cl)c(Cl)cc1Cl)C(=O)Nc1ccccc1C. The number of rotatable bonds is 7. The van der Waals surface area contributed by atoms with E-state index in [1.807, 2.05) is 38.1 Å². The molecule has 0 saturated heterocycles. The first-order valence-electron chi connectivity index (χ1n) is 9.07. The summed E-state index contributed by atoms with van der Waals surface area (Å²) in [7, 11) is 0. The Morgan fingerprint density at radius 1 is 1.10 bits per heavy atom. The summed E-state index contributed by atoms with van der Waals surface area (Å²) in [5.41, 5.74) is 0.494. The molecule has 0 bridgehead atoms. The van der Waals surface area contributed by atoms with Crippen LogP contribution in [0, 0.1) is 6.92 Å². The molecule has 0 fully saturated rings. The third-order valence-corrected chi connectivity index (χ3v) is 5.67. The van der Waals surface area contributed by atoms with Crippen LogP contribution in [0.3, 0.4) is 0 Å². The van der Waals surface area contributed by atoms with Crippen LogP contribution in [0.4, 0.5) is 5.69 Å². The number of aryl methyl sites for hydroxylation is 1. The standard InChI is InChI=1S/C21H23Cl3N2O3/c1-5-21(4,20(28)25-17-9-7-6-8-12(17)2)26-19(27)13(3)29-18-11-15(23)14(22)10-16(18)24/h6-11,13H,5H2,1-4H3,(H,25,28)(H,26,27)/t13-,21+/m1/s1. The maximum Gasteiger partial charge on any atom is 0.261 e. The molecule has 0 radical (unpaired) electrons. The molecule has 0 aliphatic carbocycles. The molecule has 2 amide bonds. The normalized spacial score (nSPS) is 13.9. The van der Waals surface area contributed by atoms with Gasteiger partial charge in [-0.25, -0.2) is 0 Å². The third kappa shape index (κ3) is 5.78. The third-order valence-electron chi connectivity index (χ3n) is 4.65. The predicted molar refractivity (Wildman–Crippen MR) is 118 cm³/mol. The Labute approximate surface area is 185 Å². The smallest absolute Gasteiger partial charge is 0.261 e. The molecule has 2 rings (SSSR count). The summed E-state index contributed by atoms with van der Waals surface area (Å²) in [6.07, 6.45) is -0.529. The van der Waals surface area contributed by atoms with E-state index in [2.05, 4.69) is 10.6 Å². The fourth-order valence-electron chi connectivity index (χ4n) is 2.49. The van der Waals surface area contributed by atoms with Crippen molar-refractivity contribution < 1.29 is 14.3 Å². The minimum absolute atomic E-state index is 0.228. The van der Waals surface area contributed by atoms with Crippen LogP contribution in [0.2, 0.25) is 15.1 Å². The summed E-state index contributed by atoms with van der Waals surface area (Å²) >= 11 is 18.0. The van der Waals surface area contributed by atoms with Crippen molar-refractivity contribution in [2.75, 3.05) is 5.32 Å². The van der Waals surface area contributed by atoms with Crippen molar-refractivity contribution >= 4 is 52.3 Å². The lowest BCUT2D eigenvalue weighted by Gasteiger charge is -2.30. The van der Waals surface area contributed by atoms with Gasteiger partial charge < -0.3 is 15.4 Å². The molecule has 0 aromatic heterocycles. The van der Waals surface area contributed by atoms with Crippen molar-refractivity contribution in [3.8, 4) is 5.75 Å². The number of hydrogen-bond donors (Lipinski definition) is 2. The molecule has 0 heterocycles. The van der Waals surface area contributed by atoms with Crippen molar-refractivity contribution in [2.24, 2.45) is 0 Å². The van der Waals surface area contributed by atoms with Crippen LogP contribution in [0.15, 0.2) is 36.4 Å². The van der Waals surface area contributed by atoms with Gasteiger partial charge in [0.2, 0.25) is 5.91 Å². The van der Waals surface area contributed by atoms with E-state index in [4.69, 9.17) is 39.5 Å². The maximum absolute atomic E-state index is 12.9. The Morgan fingerprint density at radius 2 is 1.72 bits per heavy atom. The van der Waals surface area contributed by atoms with E-state index in [0.29, 0.717) is 12.1 Å². The van der Waals surface area contributed by atoms with Crippen LogP contribution < -0.4 is 15.4 Å². The lowest BCUT2D eigenvalue weighted by molar-refractivity contribution is -0.134. The summed E-state index contributed by atoms with van der Waals surface area (Å²) in [6, 6.07) is 10.3. The minimum atomic E-state index is -1.13. The molecule has 0 saturated carbocycles. The largest absolute Gasteiger partial charge is 0.479 e. The molecular formula is C21H23Cl3N2O3. The Kier molecular flexibility index (Phi) is 7.80. The van der Waals surface area contributed by atoms with Gasteiger partial charge in [-0.2, -0.15) is 0 Å². The van der Waals surface area contributed by atoms with E-state index < -0.39 is 17.6 Å². The second kappa shape index (κ2) is 9.70. The summed E-state index contributed by atoms with van der Waals surface area (Å²) < 4.78 is 5.63. The number of ether oxygens (including phenoxy) is 1. The van der Waals surface area contributed by atoms with Crippen molar-refractivity contribution in [2.45, 2.75) is 45.8 Å². The number of nitrogens with one attached hydrogen (secondary N) is 2. The van der Waals surface area contributed by atoms with E-state index in [-0.39, 0.29) is 26.7 Å². The van der Waals surface area contributed by atoms with E-state index in [9.17, 15) is 9.59 Å². The van der Waals surface area contributed by atoms with Gasteiger partial charge in [-0.1, -0.05) is 59.9 Å². The number of benzene rings is 2. The first-order valence-corrected chi connectivity index (χ1v) is 10.2. The monoisotopic (exact) mass is 456 g/mol. The summed E-state index contributed by atoms with van der Waals surface area (Å²) in [6.45, 7) is 6.94. The van der Waals surface area contributed by atoms with Gasteiger partial charge in [0, 0.05) is 11.8 Å². The number of anilines is 1. The number of hydrogen-bond acceptors (Lipinski definition) is 3. The Morgan fingerprint density at radius 3 is 2.34 bits per heavy atom. The molecule has 2 aromatic rings. The number of carbonyl (C=O) groups excluding carboxylic acids is 2. The van der Waals surface area contributed by atoms with Crippen LogP contribution in [-0.4, -0.2) is 23.5 Å². The van der Waals surface area contributed by atoms with Crippen LogP contribution in [0.5, 0.6) is 5.75 Å². The second-order valence-corrected chi connectivity index (χ2v) is 8.12. The zero-order valence-electron chi connectivity index (χ0n) is 16.6.